The van der Waals surface area contributed by atoms with E-state index in [1.165, 1.54) is 19.3 Å². The van der Waals surface area contributed by atoms with Gasteiger partial charge in [-0.2, -0.15) is 0 Å². The van der Waals surface area contributed by atoms with E-state index in [4.69, 9.17) is 5.73 Å². The maximum Gasteiger partial charge on any atom is 0.229 e. The van der Waals surface area contributed by atoms with Crippen molar-refractivity contribution in [2.75, 3.05) is 6.54 Å². The van der Waals surface area contributed by atoms with Crippen LogP contribution in [-0.2, 0) is 4.79 Å². The topological polar surface area (TPSA) is 46.3 Å². The minimum Gasteiger partial charge on any atom is -0.339 e. The van der Waals surface area contributed by atoms with Crippen LogP contribution in [0.5, 0.6) is 0 Å². The predicted octanol–water partition coefficient (Wildman–Crippen LogP) is 2.83. The van der Waals surface area contributed by atoms with Gasteiger partial charge < -0.3 is 10.6 Å². The van der Waals surface area contributed by atoms with Crippen molar-refractivity contribution in [2.45, 2.75) is 82.7 Å². The highest BCUT2D eigenvalue weighted by Crippen LogP contribution is 2.52. The molecule has 2 bridgehead atoms. The standard InChI is InChI=1S/C16H28N2O/c1-2-13-5-3-4-12-18(13)14(19)15-6-9-16(17,10-7-15)11-8-15/h13H,2-12,17H2,1H3. The fourth-order valence-corrected chi connectivity index (χ4v) is 4.53. The first-order chi connectivity index (χ1) is 9.09. The smallest absolute Gasteiger partial charge is 0.229 e. The molecule has 0 aromatic heterocycles. The van der Waals surface area contributed by atoms with Crippen molar-refractivity contribution in [3.63, 3.8) is 0 Å². The van der Waals surface area contributed by atoms with Crippen molar-refractivity contribution in [1.29, 1.82) is 0 Å². The average Bonchev–Trinajstić information content (AvgIpc) is 2.47. The number of rotatable bonds is 2. The van der Waals surface area contributed by atoms with Gasteiger partial charge in [-0.25, -0.2) is 0 Å². The fraction of sp³-hybridized carbons (Fsp3) is 0.938. The third kappa shape index (κ3) is 2.20. The minimum atomic E-state index is -0.0358. The average molecular weight is 264 g/mol. The van der Waals surface area contributed by atoms with Crippen molar-refractivity contribution in [3.05, 3.63) is 0 Å². The molecule has 4 rings (SSSR count). The second-order valence-corrected chi connectivity index (χ2v) is 7.20. The Bertz CT molecular complexity index is 341. The van der Waals surface area contributed by atoms with Crippen LogP contribution in [0.2, 0.25) is 0 Å². The Kier molecular flexibility index (Phi) is 3.36. The monoisotopic (exact) mass is 264 g/mol. The zero-order valence-corrected chi connectivity index (χ0v) is 12.3. The zero-order chi connectivity index (χ0) is 13.5. The van der Waals surface area contributed by atoms with Gasteiger partial charge in [-0.3, -0.25) is 4.79 Å². The molecular formula is C16H28N2O. The molecule has 0 radical (unpaired) electrons. The van der Waals surface area contributed by atoms with Crippen molar-refractivity contribution >= 4 is 5.91 Å². The number of nitrogens with zero attached hydrogens (tertiary/aromatic N) is 1. The molecule has 0 aromatic carbocycles. The number of fused-ring (bicyclic) bond motifs is 3. The summed E-state index contributed by atoms with van der Waals surface area (Å²) >= 11 is 0. The lowest BCUT2D eigenvalue weighted by Gasteiger charge is -2.53. The number of amides is 1. The number of carbonyl (C=O) groups excluding carboxylic acids is 1. The van der Waals surface area contributed by atoms with Gasteiger partial charge in [-0.1, -0.05) is 6.92 Å². The van der Waals surface area contributed by atoms with E-state index in [-0.39, 0.29) is 11.0 Å². The summed E-state index contributed by atoms with van der Waals surface area (Å²) in [6.45, 7) is 3.22. The molecule has 3 saturated carbocycles. The lowest BCUT2D eigenvalue weighted by Crippen LogP contribution is -2.59. The van der Waals surface area contributed by atoms with Gasteiger partial charge in [0.25, 0.3) is 0 Å². The van der Waals surface area contributed by atoms with E-state index in [0.29, 0.717) is 11.9 Å². The summed E-state index contributed by atoms with van der Waals surface area (Å²) in [5, 5.41) is 0. The molecule has 4 fully saturated rings. The Morgan fingerprint density at radius 3 is 2.37 bits per heavy atom. The molecule has 108 valence electrons. The molecule has 1 atom stereocenters. The van der Waals surface area contributed by atoms with E-state index in [9.17, 15) is 4.79 Å². The van der Waals surface area contributed by atoms with E-state index in [1.54, 1.807) is 0 Å². The van der Waals surface area contributed by atoms with Crippen LogP contribution < -0.4 is 5.73 Å². The first kappa shape index (κ1) is 13.4. The van der Waals surface area contributed by atoms with Crippen LogP contribution in [0.1, 0.15) is 71.1 Å². The van der Waals surface area contributed by atoms with Gasteiger partial charge >= 0.3 is 0 Å². The van der Waals surface area contributed by atoms with Crippen molar-refractivity contribution in [2.24, 2.45) is 11.1 Å². The quantitative estimate of drug-likeness (QED) is 0.833. The molecule has 3 aliphatic carbocycles. The first-order valence-corrected chi connectivity index (χ1v) is 8.19. The Balaban J connectivity index is 1.76. The van der Waals surface area contributed by atoms with Gasteiger partial charge in [-0.15, -0.1) is 0 Å². The Hall–Kier alpha value is -0.570. The summed E-state index contributed by atoms with van der Waals surface area (Å²) in [5.74, 6) is 0.473. The highest BCUT2D eigenvalue weighted by atomic mass is 16.2. The van der Waals surface area contributed by atoms with E-state index in [0.717, 1.165) is 51.5 Å². The normalized spacial score (nSPS) is 42.4. The second kappa shape index (κ2) is 4.76. The highest BCUT2D eigenvalue weighted by molar-refractivity contribution is 5.83. The summed E-state index contributed by atoms with van der Waals surface area (Å²) in [6.07, 6.45) is 11.1. The highest BCUT2D eigenvalue weighted by Gasteiger charge is 2.52. The maximum atomic E-state index is 13.1. The number of piperidine rings is 1. The number of nitrogens with two attached hydrogens (primary N) is 1. The van der Waals surface area contributed by atoms with Crippen molar-refractivity contribution in [1.82, 2.24) is 4.90 Å². The molecule has 1 amide bonds. The van der Waals surface area contributed by atoms with Gasteiger partial charge in [-0.05, 0) is 64.2 Å². The molecule has 1 unspecified atom stereocenters. The molecule has 0 spiro atoms. The van der Waals surface area contributed by atoms with Crippen LogP contribution in [0.15, 0.2) is 0 Å². The second-order valence-electron chi connectivity index (χ2n) is 7.20. The van der Waals surface area contributed by atoms with Crippen LogP contribution in [0, 0.1) is 5.41 Å². The maximum absolute atomic E-state index is 13.1. The van der Waals surface area contributed by atoms with Gasteiger partial charge in [0.2, 0.25) is 5.91 Å². The van der Waals surface area contributed by atoms with Gasteiger partial charge in [0.15, 0.2) is 0 Å². The van der Waals surface area contributed by atoms with Crippen molar-refractivity contribution in [3.8, 4) is 0 Å². The molecular weight excluding hydrogens is 236 g/mol. The van der Waals surface area contributed by atoms with Crippen LogP contribution in [-0.4, -0.2) is 28.9 Å². The molecule has 3 heteroatoms. The lowest BCUT2D eigenvalue weighted by atomic mass is 9.57. The van der Waals surface area contributed by atoms with E-state index in [2.05, 4.69) is 11.8 Å². The Morgan fingerprint density at radius 2 is 1.79 bits per heavy atom. The van der Waals surface area contributed by atoms with E-state index < -0.39 is 0 Å². The largest absolute Gasteiger partial charge is 0.339 e. The summed E-state index contributed by atoms with van der Waals surface area (Å²) in [6, 6.07) is 0.502. The van der Waals surface area contributed by atoms with Crippen LogP contribution in [0.4, 0.5) is 0 Å². The molecule has 19 heavy (non-hydrogen) atoms. The minimum absolute atomic E-state index is 0.0358. The molecule has 1 heterocycles. The zero-order valence-electron chi connectivity index (χ0n) is 12.3. The Morgan fingerprint density at radius 1 is 1.16 bits per heavy atom. The third-order valence-corrected chi connectivity index (χ3v) is 6.12. The molecule has 0 aromatic rings. The Labute approximate surface area is 116 Å². The number of likely N-dealkylation sites (tertiary alicyclic amines) is 1. The number of hydrogen-bond acceptors (Lipinski definition) is 2. The van der Waals surface area contributed by atoms with E-state index in [1.807, 2.05) is 0 Å². The van der Waals surface area contributed by atoms with Crippen LogP contribution in [0.25, 0.3) is 0 Å². The predicted molar refractivity (Wildman–Crippen MR) is 76.7 cm³/mol. The summed E-state index contributed by atoms with van der Waals surface area (Å²) in [5.41, 5.74) is 6.39. The van der Waals surface area contributed by atoms with Crippen molar-refractivity contribution < 1.29 is 4.79 Å². The van der Waals surface area contributed by atoms with Crippen LogP contribution in [0.3, 0.4) is 0 Å². The summed E-state index contributed by atoms with van der Waals surface area (Å²) in [4.78, 5) is 15.3. The van der Waals surface area contributed by atoms with Gasteiger partial charge in [0, 0.05) is 23.5 Å². The first-order valence-electron chi connectivity index (χ1n) is 8.19. The molecule has 1 aliphatic heterocycles. The van der Waals surface area contributed by atoms with Gasteiger partial charge in [0.05, 0.1) is 0 Å². The van der Waals surface area contributed by atoms with Gasteiger partial charge in [0.1, 0.15) is 0 Å². The summed E-state index contributed by atoms with van der Waals surface area (Å²) in [7, 11) is 0. The number of hydrogen-bond donors (Lipinski definition) is 1. The SMILES string of the molecule is CCC1CCCCN1C(=O)C12CCC(N)(CC1)CC2. The lowest BCUT2D eigenvalue weighted by molar-refractivity contribution is -0.153. The number of carbonyl (C=O) groups is 1. The third-order valence-electron chi connectivity index (χ3n) is 6.12. The van der Waals surface area contributed by atoms with E-state index >= 15 is 0 Å². The summed E-state index contributed by atoms with van der Waals surface area (Å²) < 4.78 is 0. The van der Waals surface area contributed by atoms with Crippen LogP contribution >= 0.6 is 0 Å². The molecule has 3 nitrogen and oxygen atoms in total. The molecule has 2 N–H and O–H groups in total. The molecule has 4 aliphatic rings. The molecule has 1 saturated heterocycles. The fourth-order valence-electron chi connectivity index (χ4n) is 4.53.